The molecule has 2 aliphatic carbocycles. The lowest BCUT2D eigenvalue weighted by atomic mass is 9.95. The van der Waals surface area contributed by atoms with Gasteiger partial charge < -0.3 is 10.2 Å². The maximum atomic E-state index is 12.8. The van der Waals surface area contributed by atoms with Crippen LogP contribution < -0.4 is 5.32 Å². The largest absolute Gasteiger partial charge is 0.352 e. The summed E-state index contributed by atoms with van der Waals surface area (Å²) >= 11 is 0. The van der Waals surface area contributed by atoms with E-state index in [1.807, 2.05) is 11.0 Å². The zero-order valence-electron chi connectivity index (χ0n) is 14.8. The van der Waals surface area contributed by atoms with Crippen molar-refractivity contribution in [1.82, 2.24) is 10.2 Å². The van der Waals surface area contributed by atoms with Crippen LogP contribution >= 0.6 is 0 Å². The third-order valence-electron chi connectivity index (χ3n) is 5.85. The Hall–Kier alpha value is -1.84. The molecule has 2 atom stereocenters. The third-order valence-corrected chi connectivity index (χ3v) is 5.85. The van der Waals surface area contributed by atoms with Crippen molar-refractivity contribution in [2.24, 2.45) is 17.8 Å². The van der Waals surface area contributed by atoms with Crippen LogP contribution in [0.1, 0.15) is 44.1 Å². The van der Waals surface area contributed by atoms with Gasteiger partial charge in [-0.05, 0) is 56.4 Å². The summed E-state index contributed by atoms with van der Waals surface area (Å²) in [5, 5.41) is 3.32. The summed E-state index contributed by atoms with van der Waals surface area (Å²) < 4.78 is 0. The van der Waals surface area contributed by atoms with Gasteiger partial charge in [-0.15, -0.1) is 0 Å². The van der Waals surface area contributed by atoms with Gasteiger partial charge >= 0.3 is 0 Å². The molecule has 3 fully saturated rings. The first kappa shape index (κ1) is 16.6. The second-order valence-electron chi connectivity index (χ2n) is 8.04. The summed E-state index contributed by atoms with van der Waals surface area (Å²) in [7, 11) is 0. The van der Waals surface area contributed by atoms with Crippen LogP contribution in [0.2, 0.25) is 0 Å². The minimum Gasteiger partial charge on any atom is -0.352 e. The summed E-state index contributed by atoms with van der Waals surface area (Å²) in [5.41, 5.74) is 1.29. The maximum absolute atomic E-state index is 12.8. The van der Waals surface area contributed by atoms with E-state index < -0.39 is 0 Å². The van der Waals surface area contributed by atoms with Gasteiger partial charge in [0.15, 0.2) is 0 Å². The highest BCUT2D eigenvalue weighted by molar-refractivity contribution is 5.83. The second-order valence-corrected chi connectivity index (χ2v) is 8.04. The highest BCUT2D eigenvalue weighted by Crippen LogP contribution is 2.35. The molecule has 0 spiro atoms. The summed E-state index contributed by atoms with van der Waals surface area (Å²) in [5.74, 6) is 1.27. The summed E-state index contributed by atoms with van der Waals surface area (Å²) in [6.45, 7) is 1.44. The van der Waals surface area contributed by atoms with Crippen LogP contribution in [0, 0.1) is 17.8 Å². The average Bonchev–Trinajstić information content (AvgIpc) is 3.54. The quantitative estimate of drug-likeness (QED) is 0.866. The van der Waals surface area contributed by atoms with E-state index in [-0.39, 0.29) is 29.7 Å². The van der Waals surface area contributed by atoms with Gasteiger partial charge in [0.2, 0.25) is 11.8 Å². The van der Waals surface area contributed by atoms with Gasteiger partial charge in [0.1, 0.15) is 0 Å². The molecule has 0 radical (unpaired) electrons. The van der Waals surface area contributed by atoms with Crippen molar-refractivity contribution >= 4 is 11.8 Å². The van der Waals surface area contributed by atoms with E-state index in [2.05, 4.69) is 29.6 Å². The summed E-state index contributed by atoms with van der Waals surface area (Å²) in [4.78, 5) is 27.1. The molecule has 1 heterocycles. The van der Waals surface area contributed by atoms with E-state index in [9.17, 15) is 9.59 Å². The van der Waals surface area contributed by atoms with Crippen molar-refractivity contribution < 1.29 is 9.59 Å². The number of likely N-dealkylation sites (tertiary alicyclic amines) is 1. The van der Waals surface area contributed by atoms with Crippen molar-refractivity contribution in [3.05, 3.63) is 35.9 Å². The highest BCUT2D eigenvalue weighted by Gasteiger charge is 2.38. The fourth-order valence-electron chi connectivity index (χ4n) is 3.98. The van der Waals surface area contributed by atoms with E-state index in [1.54, 1.807) is 0 Å². The molecule has 4 nitrogen and oxygen atoms in total. The van der Waals surface area contributed by atoms with E-state index in [0.29, 0.717) is 12.5 Å². The second kappa shape index (κ2) is 7.19. The van der Waals surface area contributed by atoms with E-state index in [4.69, 9.17) is 0 Å². The van der Waals surface area contributed by atoms with Gasteiger partial charge in [-0.25, -0.2) is 0 Å². The molecule has 1 aromatic rings. The van der Waals surface area contributed by atoms with Gasteiger partial charge in [-0.3, -0.25) is 9.59 Å². The average molecular weight is 340 g/mol. The minimum atomic E-state index is -0.0338. The molecule has 2 unspecified atom stereocenters. The number of benzene rings is 1. The van der Waals surface area contributed by atoms with Crippen LogP contribution in [0.3, 0.4) is 0 Å². The Kier molecular flexibility index (Phi) is 4.78. The first-order valence-electron chi connectivity index (χ1n) is 9.84. The van der Waals surface area contributed by atoms with Crippen LogP contribution in [-0.2, 0) is 16.0 Å². The molecular weight excluding hydrogens is 312 g/mol. The zero-order chi connectivity index (χ0) is 17.2. The number of hydrogen-bond donors (Lipinski definition) is 1. The molecule has 134 valence electrons. The number of carbonyl (C=O) groups is 2. The van der Waals surface area contributed by atoms with Gasteiger partial charge in [-0.1, -0.05) is 30.3 Å². The Morgan fingerprint density at radius 3 is 2.48 bits per heavy atom. The molecule has 25 heavy (non-hydrogen) atoms. The molecule has 0 bridgehead atoms. The molecule has 1 saturated heterocycles. The number of hydrogen-bond acceptors (Lipinski definition) is 2. The fraction of sp³-hybridized carbons (Fsp3) is 0.619. The Morgan fingerprint density at radius 2 is 1.80 bits per heavy atom. The Balaban J connectivity index is 1.35. The summed E-state index contributed by atoms with van der Waals surface area (Å²) in [6.07, 6.45) is 7.27. The number of carbonyl (C=O) groups excluding carboxylic acids is 2. The SMILES string of the molecule is O=C(NC(Cc1ccccc1)C1CC1)C1CCCN(C(=O)C2CC2)C1. The first-order valence-corrected chi connectivity index (χ1v) is 9.84. The number of amides is 2. The molecule has 3 aliphatic rings. The van der Waals surface area contributed by atoms with Crippen molar-refractivity contribution in [1.29, 1.82) is 0 Å². The molecule has 4 rings (SSSR count). The van der Waals surface area contributed by atoms with E-state index >= 15 is 0 Å². The summed E-state index contributed by atoms with van der Waals surface area (Å²) in [6, 6.07) is 10.7. The molecule has 2 amide bonds. The molecule has 1 aromatic carbocycles. The Labute approximate surface area is 150 Å². The maximum Gasteiger partial charge on any atom is 0.225 e. The molecule has 1 N–H and O–H groups in total. The standard InChI is InChI=1S/C21H28N2O2/c24-20(18-7-4-12-23(14-18)21(25)17-10-11-17)22-19(16-8-9-16)13-15-5-2-1-3-6-15/h1-3,5-6,16-19H,4,7-14H2,(H,22,24). The van der Waals surface area contributed by atoms with E-state index in [0.717, 1.165) is 38.6 Å². The van der Waals surface area contributed by atoms with Gasteiger partial charge in [0.25, 0.3) is 0 Å². The predicted octanol–water partition coefficient (Wildman–Crippen LogP) is 2.77. The molecule has 0 aromatic heterocycles. The van der Waals surface area contributed by atoms with Crippen molar-refractivity contribution in [2.45, 2.75) is 51.0 Å². The molecule has 4 heteroatoms. The number of nitrogens with one attached hydrogen (secondary N) is 1. The normalized spacial score (nSPS) is 24.6. The lowest BCUT2D eigenvalue weighted by Gasteiger charge is -2.33. The molecule has 2 saturated carbocycles. The zero-order valence-corrected chi connectivity index (χ0v) is 14.8. The van der Waals surface area contributed by atoms with Crippen LogP contribution in [0.15, 0.2) is 30.3 Å². The van der Waals surface area contributed by atoms with Gasteiger partial charge in [0, 0.05) is 25.0 Å². The van der Waals surface area contributed by atoms with Gasteiger partial charge in [0.05, 0.1) is 5.92 Å². The molecular formula is C21H28N2O2. The van der Waals surface area contributed by atoms with Crippen molar-refractivity contribution in [3.8, 4) is 0 Å². The highest BCUT2D eigenvalue weighted by atomic mass is 16.2. The topological polar surface area (TPSA) is 49.4 Å². The Bertz CT molecular complexity index is 622. The number of piperidine rings is 1. The van der Waals surface area contributed by atoms with Crippen LogP contribution in [-0.4, -0.2) is 35.8 Å². The smallest absolute Gasteiger partial charge is 0.225 e. The Morgan fingerprint density at radius 1 is 1.04 bits per heavy atom. The number of rotatable bonds is 6. The van der Waals surface area contributed by atoms with E-state index in [1.165, 1.54) is 18.4 Å². The third kappa shape index (κ3) is 4.23. The van der Waals surface area contributed by atoms with Crippen molar-refractivity contribution in [3.63, 3.8) is 0 Å². The van der Waals surface area contributed by atoms with Crippen molar-refractivity contribution in [2.75, 3.05) is 13.1 Å². The lowest BCUT2D eigenvalue weighted by molar-refractivity contribution is -0.137. The fourth-order valence-corrected chi connectivity index (χ4v) is 3.98. The van der Waals surface area contributed by atoms with Crippen LogP contribution in [0.4, 0.5) is 0 Å². The van der Waals surface area contributed by atoms with Crippen LogP contribution in [0.5, 0.6) is 0 Å². The lowest BCUT2D eigenvalue weighted by Crippen LogP contribution is -2.48. The number of nitrogens with zero attached hydrogens (tertiary/aromatic N) is 1. The van der Waals surface area contributed by atoms with Gasteiger partial charge in [-0.2, -0.15) is 0 Å². The predicted molar refractivity (Wildman–Crippen MR) is 96.8 cm³/mol. The minimum absolute atomic E-state index is 0.0338. The monoisotopic (exact) mass is 340 g/mol. The molecule has 1 aliphatic heterocycles. The van der Waals surface area contributed by atoms with Crippen LogP contribution in [0.25, 0.3) is 0 Å². The first-order chi connectivity index (χ1) is 12.2.